The Kier molecular flexibility index (Phi) is 3.79. The summed E-state index contributed by atoms with van der Waals surface area (Å²) in [5, 5.41) is 0.153. The number of alkyl halides is 1. The summed E-state index contributed by atoms with van der Waals surface area (Å²) in [6.45, 7) is 2.33. The summed E-state index contributed by atoms with van der Waals surface area (Å²) >= 11 is 6.57. The van der Waals surface area contributed by atoms with Crippen molar-refractivity contribution in [1.82, 2.24) is 4.98 Å². The normalized spacial score (nSPS) is 25.6. The molecule has 0 spiro atoms. The van der Waals surface area contributed by atoms with Crippen molar-refractivity contribution < 1.29 is 4.42 Å². The van der Waals surface area contributed by atoms with Crippen LogP contribution in [0.3, 0.4) is 0 Å². The summed E-state index contributed by atoms with van der Waals surface area (Å²) in [5.74, 6) is 2.26. The number of rotatable bonds is 3. The summed E-state index contributed by atoms with van der Waals surface area (Å²) in [6.07, 6.45) is 5.85. The second kappa shape index (κ2) is 5.54. The highest BCUT2D eigenvalue weighted by Crippen LogP contribution is 2.34. The molecule has 1 fully saturated rings. The molecule has 0 N–H and O–H groups in total. The van der Waals surface area contributed by atoms with E-state index in [4.69, 9.17) is 16.0 Å². The highest BCUT2D eigenvalue weighted by molar-refractivity contribution is 6.20. The number of fused-ring (bicyclic) bond motifs is 1. The van der Waals surface area contributed by atoms with Gasteiger partial charge in [0.15, 0.2) is 11.5 Å². The van der Waals surface area contributed by atoms with Crippen LogP contribution in [0.15, 0.2) is 28.7 Å². The van der Waals surface area contributed by atoms with Crippen molar-refractivity contribution in [2.45, 2.75) is 44.4 Å². The lowest BCUT2D eigenvalue weighted by atomic mass is 9.80. The maximum absolute atomic E-state index is 6.57. The number of benzene rings is 1. The Morgan fingerprint density at radius 1 is 1.26 bits per heavy atom. The quantitative estimate of drug-likeness (QED) is 0.753. The van der Waals surface area contributed by atoms with Crippen LogP contribution in [0.2, 0.25) is 0 Å². The minimum atomic E-state index is 0.153. The van der Waals surface area contributed by atoms with Crippen molar-refractivity contribution >= 4 is 22.7 Å². The second-order valence-electron chi connectivity index (χ2n) is 5.82. The molecule has 1 aromatic heterocycles. The number of hydrogen-bond donors (Lipinski definition) is 0. The predicted octanol–water partition coefficient (Wildman–Crippen LogP) is 4.80. The van der Waals surface area contributed by atoms with E-state index in [1.54, 1.807) is 0 Å². The lowest BCUT2D eigenvalue weighted by Crippen LogP contribution is -2.23. The Hall–Kier alpha value is -1.02. The molecule has 3 heteroatoms. The van der Waals surface area contributed by atoms with Gasteiger partial charge in [-0.15, -0.1) is 11.6 Å². The number of oxazole rings is 1. The second-order valence-corrected chi connectivity index (χ2v) is 6.38. The van der Waals surface area contributed by atoms with Gasteiger partial charge in [-0.3, -0.25) is 0 Å². The van der Waals surface area contributed by atoms with Gasteiger partial charge in [0.25, 0.3) is 0 Å². The van der Waals surface area contributed by atoms with Gasteiger partial charge in [0, 0.05) is 11.8 Å². The molecule has 1 aromatic carbocycles. The van der Waals surface area contributed by atoms with E-state index in [9.17, 15) is 0 Å². The molecular formula is C16H20ClNO. The average Bonchev–Trinajstić information content (AvgIpc) is 2.81. The Morgan fingerprint density at radius 3 is 2.74 bits per heavy atom. The maximum atomic E-state index is 6.57. The molecule has 19 heavy (non-hydrogen) atoms. The van der Waals surface area contributed by atoms with Gasteiger partial charge in [-0.1, -0.05) is 31.9 Å². The molecule has 0 aliphatic heterocycles. The third kappa shape index (κ3) is 2.94. The first-order chi connectivity index (χ1) is 9.22. The predicted molar refractivity (Wildman–Crippen MR) is 78.5 cm³/mol. The number of aromatic nitrogens is 1. The smallest absolute Gasteiger partial charge is 0.196 e. The monoisotopic (exact) mass is 277 g/mol. The third-order valence-corrected chi connectivity index (χ3v) is 4.79. The first-order valence-electron chi connectivity index (χ1n) is 7.21. The summed E-state index contributed by atoms with van der Waals surface area (Å²) in [4.78, 5) is 4.51. The maximum Gasteiger partial charge on any atom is 0.196 e. The molecule has 1 aliphatic rings. The molecule has 3 rings (SSSR count). The third-order valence-electron chi connectivity index (χ3n) is 4.28. The van der Waals surface area contributed by atoms with Gasteiger partial charge in [0.1, 0.15) is 5.52 Å². The minimum absolute atomic E-state index is 0.153. The van der Waals surface area contributed by atoms with Crippen molar-refractivity contribution in [2.75, 3.05) is 0 Å². The van der Waals surface area contributed by atoms with E-state index in [2.05, 4.69) is 11.9 Å². The van der Waals surface area contributed by atoms with Gasteiger partial charge in [0.2, 0.25) is 0 Å². The Labute approximate surface area is 119 Å². The van der Waals surface area contributed by atoms with Crippen molar-refractivity contribution in [3.8, 4) is 0 Å². The molecule has 102 valence electrons. The minimum Gasteiger partial charge on any atom is -0.441 e. The van der Waals surface area contributed by atoms with Crippen LogP contribution in [0.1, 0.15) is 38.5 Å². The number of para-hydroxylation sites is 2. The van der Waals surface area contributed by atoms with E-state index in [-0.39, 0.29) is 5.38 Å². The van der Waals surface area contributed by atoms with Crippen LogP contribution in [-0.4, -0.2) is 10.4 Å². The molecule has 1 unspecified atom stereocenters. The van der Waals surface area contributed by atoms with Gasteiger partial charge in [-0.05, 0) is 36.8 Å². The molecule has 0 bridgehead atoms. The zero-order valence-electron chi connectivity index (χ0n) is 11.3. The van der Waals surface area contributed by atoms with Crippen LogP contribution in [0, 0.1) is 11.8 Å². The molecule has 1 heterocycles. The first kappa shape index (κ1) is 13.0. The number of nitrogens with zero attached hydrogens (tertiary/aromatic N) is 1. The Morgan fingerprint density at radius 2 is 2.00 bits per heavy atom. The SMILES string of the molecule is CC1CCC(C(Cl)Cc2nc3ccccc3o2)CC1. The lowest BCUT2D eigenvalue weighted by Gasteiger charge is -2.28. The van der Waals surface area contributed by atoms with Gasteiger partial charge in [-0.2, -0.15) is 0 Å². The van der Waals surface area contributed by atoms with Gasteiger partial charge in [-0.25, -0.2) is 4.98 Å². The molecular weight excluding hydrogens is 258 g/mol. The molecule has 0 radical (unpaired) electrons. The molecule has 0 amide bonds. The highest BCUT2D eigenvalue weighted by atomic mass is 35.5. The van der Waals surface area contributed by atoms with Crippen LogP contribution in [0.25, 0.3) is 11.1 Å². The van der Waals surface area contributed by atoms with Crippen LogP contribution in [0.5, 0.6) is 0 Å². The average molecular weight is 278 g/mol. The van der Waals surface area contributed by atoms with Gasteiger partial charge >= 0.3 is 0 Å². The van der Waals surface area contributed by atoms with Crippen molar-refractivity contribution in [1.29, 1.82) is 0 Å². The molecule has 1 saturated carbocycles. The van der Waals surface area contributed by atoms with Gasteiger partial charge in [0.05, 0.1) is 0 Å². The van der Waals surface area contributed by atoms with E-state index >= 15 is 0 Å². The first-order valence-corrected chi connectivity index (χ1v) is 7.64. The zero-order valence-corrected chi connectivity index (χ0v) is 12.1. The number of halogens is 1. The van der Waals surface area contributed by atoms with Crippen LogP contribution >= 0.6 is 11.6 Å². The van der Waals surface area contributed by atoms with Gasteiger partial charge < -0.3 is 4.42 Å². The fraction of sp³-hybridized carbons (Fsp3) is 0.562. The van der Waals surface area contributed by atoms with Crippen LogP contribution in [-0.2, 0) is 6.42 Å². The Balaban J connectivity index is 1.67. The van der Waals surface area contributed by atoms with E-state index in [1.807, 2.05) is 24.3 Å². The molecule has 2 aromatic rings. The summed E-state index contributed by atoms with van der Waals surface area (Å²) in [7, 11) is 0. The molecule has 1 atom stereocenters. The van der Waals surface area contributed by atoms with E-state index < -0.39 is 0 Å². The molecule has 1 aliphatic carbocycles. The zero-order chi connectivity index (χ0) is 13.2. The fourth-order valence-corrected chi connectivity index (χ4v) is 3.37. The van der Waals surface area contributed by atoms with Crippen LogP contribution < -0.4 is 0 Å². The standard InChI is InChI=1S/C16H20ClNO/c1-11-6-8-12(9-7-11)13(17)10-16-18-14-4-2-3-5-15(14)19-16/h2-5,11-13H,6-10H2,1H3. The van der Waals surface area contributed by atoms with Crippen LogP contribution in [0.4, 0.5) is 0 Å². The Bertz CT molecular complexity index is 509. The van der Waals surface area contributed by atoms with Crippen molar-refractivity contribution in [3.63, 3.8) is 0 Å². The van der Waals surface area contributed by atoms with Crippen molar-refractivity contribution in [2.24, 2.45) is 11.8 Å². The highest BCUT2D eigenvalue weighted by Gasteiger charge is 2.26. The largest absolute Gasteiger partial charge is 0.441 e. The van der Waals surface area contributed by atoms with E-state index in [0.29, 0.717) is 5.92 Å². The summed E-state index contributed by atoms with van der Waals surface area (Å²) in [5.41, 5.74) is 1.79. The lowest BCUT2D eigenvalue weighted by molar-refractivity contribution is 0.277. The molecule has 2 nitrogen and oxygen atoms in total. The fourth-order valence-electron chi connectivity index (χ4n) is 2.99. The molecule has 0 saturated heterocycles. The summed E-state index contributed by atoms with van der Waals surface area (Å²) in [6, 6.07) is 7.89. The van der Waals surface area contributed by atoms with E-state index in [1.165, 1.54) is 25.7 Å². The van der Waals surface area contributed by atoms with E-state index in [0.717, 1.165) is 29.3 Å². The number of hydrogen-bond acceptors (Lipinski definition) is 2. The topological polar surface area (TPSA) is 26.0 Å². The van der Waals surface area contributed by atoms with Crippen molar-refractivity contribution in [3.05, 3.63) is 30.2 Å². The summed E-state index contributed by atoms with van der Waals surface area (Å²) < 4.78 is 5.76.